The lowest BCUT2D eigenvalue weighted by Crippen LogP contribution is -2.19. The Labute approximate surface area is 101 Å². The number of nitrogens with zero attached hydrogens (tertiary/aromatic N) is 3. The molecule has 0 aliphatic heterocycles. The number of benzene rings is 1. The van der Waals surface area contributed by atoms with Crippen LogP contribution < -0.4 is 5.56 Å². The number of hydrogen-bond acceptors (Lipinski definition) is 4. The number of aryl methyl sites for hydroxylation is 1. The Hall–Kier alpha value is -2.01. The fraction of sp³-hybridized carbons (Fsp3) is 0.0833. The maximum Gasteiger partial charge on any atom is 0.287 e. The monoisotopic (exact) mass is 243 g/mol. The van der Waals surface area contributed by atoms with Crippen LogP contribution in [0.2, 0.25) is 0 Å². The summed E-state index contributed by atoms with van der Waals surface area (Å²) in [5, 5.41) is 7.79. The molecule has 84 valence electrons. The molecule has 0 bridgehead atoms. The summed E-state index contributed by atoms with van der Waals surface area (Å²) in [5.74, 6) is 0. The van der Waals surface area contributed by atoms with Crippen molar-refractivity contribution in [3.05, 3.63) is 46.8 Å². The molecule has 0 unspecified atom stereocenters. The van der Waals surface area contributed by atoms with Gasteiger partial charge in [0.25, 0.3) is 5.56 Å². The van der Waals surface area contributed by atoms with Crippen molar-refractivity contribution in [3.8, 4) is 10.4 Å². The van der Waals surface area contributed by atoms with Crippen molar-refractivity contribution >= 4 is 21.6 Å². The third-order valence-corrected chi connectivity index (χ3v) is 3.71. The van der Waals surface area contributed by atoms with Crippen LogP contribution in [-0.2, 0) is 7.05 Å². The van der Waals surface area contributed by atoms with E-state index in [1.54, 1.807) is 7.05 Å². The minimum Gasteiger partial charge on any atom is -0.266 e. The van der Waals surface area contributed by atoms with Crippen molar-refractivity contribution in [1.82, 2.24) is 15.0 Å². The standard InChI is InChI=1S/C12H9N3OS/c1-15-12(16)11-9(13-14-15)7-10(17-11)8-5-3-2-4-6-8/h2-7H,1H3. The zero-order chi connectivity index (χ0) is 11.8. The molecular formula is C12H9N3OS. The molecule has 0 radical (unpaired) electrons. The van der Waals surface area contributed by atoms with E-state index >= 15 is 0 Å². The van der Waals surface area contributed by atoms with Gasteiger partial charge in [0.2, 0.25) is 0 Å². The van der Waals surface area contributed by atoms with Crippen molar-refractivity contribution < 1.29 is 0 Å². The van der Waals surface area contributed by atoms with Gasteiger partial charge in [0.05, 0.1) is 0 Å². The zero-order valence-corrected chi connectivity index (χ0v) is 9.94. The zero-order valence-electron chi connectivity index (χ0n) is 9.12. The van der Waals surface area contributed by atoms with E-state index in [0.717, 1.165) is 10.4 Å². The highest BCUT2D eigenvalue weighted by Gasteiger charge is 2.09. The average Bonchev–Trinajstić information content (AvgIpc) is 2.80. The number of fused-ring (bicyclic) bond motifs is 1. The van der Waals surface area contributed by atoms with Gasteiger partial charge in [-0.15, -0.1) is 16.4 Å². The number of aromatic nitrogens is 3. The van der Waals surface area contributed by atoms with E-state index in [9.17, 15) is 4.79 Å². The number of hydrogen-bond donors (Lipinski definition) is 0. The summed E-state index contributed by atoms with van der Waals surface area (Å²) in [6.07, 6.45) is 0. The molecule has 17 heavy (non-hydrogen) atoms. The van der Waals surface area contributed by atoms with Gasteiger partial charge in [-0.2, -0.15) is 0 Å². The minimum atomic E-state index is -0.0952. The first kappa shape index (κ1) is 10.2. The predicted octanol–water partition coefficient (Wildman–Crippen LogP) is 2.06. The minimum absolute atomic E-state index is 0.0952. The molecule has 2 heterocycles. The van der Waals surface area contributed by atoms with E-state index in [-0.39, 0.29) is 5.56 Å². The Bertz CT molecular complexity index is 730. The molecule has 2 aromatic heterocycles. The maximum absolute atomic E-state index is 11.8. The molecule has 5 heteroatoms. The molecule has 0 saturated heterocycles. The van der Waals surface area contributed by atoms with Crippen LogP contribution in [0.15, 0.2) is 41.2 Å². The molecule has 0 N–H and O–H groups in total. The van der Waals surface area contributed by atoms with E-state index in [4.69, 9.17) is 0 Å². The van der Waals surface area contributed by atoms with Gasteiger partial charge in [-0.25, -0.2) is 4.68 Å². The van der Waals surface area contributed by atoms with E-state index in [0.29, 0.717) is 10.2 Å². The molecule has 0 saturated carbocycles. The maximum atomic E-state index is 11.8. The molecule has 3 aromatic rings. The SMILES string of the molecule is Cn1nnc2cc(-c3ccccc3)sc2c1=O. The van der Waals surface area contributed by atoms with Crippen LogP contribution in [0.1, 0.15) is 0 Å². The smallest absolute Gasteiger partial charge is 0.266 e. The van der Waals surface area contributed by atoms with Crippen LogP contribution in [0, 0.1) is 0 Å². The van der Waals surface area contributed by atoms with Gasteiger partial charge in [-0.1, -0.05) is 35.5 Å². The Morgan fingerprint density at radius 1 is 1.24 bits per heavy atom. The second kappa shape index (κ2) is 3.78. The van der Waals surface area contributed by atoms with Crippen molar-refractivity contribution in [2.45, 2.75) is 0 Å². The third-order valence-electron chi connectivity index (χ3n) is 2.55. The highest BCUT2D eigenvalue weighted by Crippen LogP contribution is 2.29. The summed E-state index contributed by atoms with van der Waals surface area (Å²) in [6.45, 7) is 0. The Morgan fingerprint density at radius 2 is 2.00 bits per heavy atom. The van der Waals surface area contributed by atoms with Crippen LogP contribution in [0.5, 0.6) is 0 Å². The van der Waals surface area contributed by atoms with Gasteiger partial charge in [0, 0.05) is 11.9 Å². The van der Waals surface area contributed by atoms with Crippen LogP contribution in [0.3, 0.4) is 0 Å². The van der Waals surface area contributed by atoms with Gasteiger partial charge in [-0.3, -0.25) is 4.79 Å². The number of rotatable bonds is 1. The van der Waals surface area contributed by atoms with E-state index in [1.165, 1.54) is 16.0 Å². The molecule has 0 atom stereocenters. The molecule has 0 aliphatic rings. The molecule has 3 rings (SSSR count). The highest BCUT2D eigenvalue weighted by atomic mass is 32.1. The molecule has 4 nitrogen and oxygen atoms in total. The quantitative estimate of drug-likeness (QED) is 0.657. The lowest BCUT2D eigenvalue weighted by atomic mass is 10.2. The predicted molar refractivity (Wildman–Crippen MR) is 68.1 cm³/mol. The van der Waals surface area contributed by atoms with Crippen LogP contribution in [-0.4, -0.2) is 15.0 Å². The molecule has 0 spiro atoms. The van der Waals surface area contributed by atoms with Gasteiger partial charge < -0.3 is 0 Å². The molecule has 0 amide bonds. The van der Waals surface area contributed by atoms with Crippen molar-refractivity contribution in [2.24, 2.45) is 7.05 Å². The highest BCUT2D eigenvalue weighted by molar-refractivity contribution is 7.22. The second-order valence-electron chi connectivity index (χ2n) is 3.71. The number of thiophene rings is 1. The second-order valence-corrected chi connectivity index (χ2v) is 4.76. The molecule has 0 aliphatic carbocycles. The van der Waals surface area contributed by atoms with Gasteiger partial charge in [-0.05, 0) is 11.6 Å². The fourth-order valence-electron chi connectivity index (χ4n) is 1.66. The summed E-state index contributed by atoms with van der Waals surface area (Å²) in [5.41, 5.74) is 1.66. The van der Waals surface area contributed by atoms with Crippen LogP contribution in [0.4, 0.5) is 0 Å². The lowest BCUT2D eigenvalue weighted by molar-refractivity contribution is 0.658. The topological polar surface area (TPSA) is 47.8 Å². The van der Waals surface area contributed by atoms with E-state index in [1.807, 2.05) is 36.4 Å². The van der Waals surface area contributed by atoms with Crippen molar-refractivity contribution in [2.75, 3.05) is 0 Å². The Balaban J connectivity index is 2.28. The first-order valence-corrected chi connectivity index (χ1v) is 5.96. The van der Waals surface area contributed by atoms with Crippen molar-refractivity contribution in [1.29, 1.82) is 0 Å². The van der Waals surface area contributed by atoms with Gasteiger partial charge in [0.15, 0.2) is 0 Å². The lowest BCUT2D eigenvalue weighted by Gasteiger charge is -1.93. The van der Waals surface area contributed by atoms with Crippen LogP contribution >= 0.6 is 11.3 Å². The molecule has 0 fully saturated rings. The van der Waals surface area contributed by atoms with Gasteiger partial charge >= 0.3 is 0 Å². The molecule has 1 aromatic carbocycles. The molecular weight excluding hydrogens is 234 g/mol. The summed E-state index contributed by atoms with van der Waals surface area (Å²) in [4.78, 5) is 12.9. The summed E-state index contributed by atoms with van der Waals surface area (Å²) in [7, 11) is 1.61. The summed E-state index contributed by atoms with van der Waals surface area (Å²) >= 11 is 1.46. The Kier molecular flexibility index (Phi) is 2.26. The van der Waals surface area contributed by atoms with Crippen molar-refractivity contribution in [3.63, 3.8) is 0 Å². The first-order chi connectivity index (χ1) is 8.25. The van der Waals surface area contributed by atoms with Gasteiger partial charge in [0.1, 0.15) is 10.2 Å². The first-order valence-electron chi connectivity index (χ1n) is 5.14. The van der Waals surface area contributed by atoms with Crippen LogP contribution in [0.25, 0.3) is 20.7 Å². The fourth-order valence-corrected chi connectivity index (χ4v) is 2.72. The third kappa shape index (κ3) is 1.64. The average molecular weight is 243 g/mol. The summed E-state index contributed by atoms with van der Waals surface area (Å²) in [6, 6.07) is 11.9. The van der Waals surface area contributed by atoms with E-state index < -0.39 is 0 Å². The Morgan fingerprint density at radius 3 is 2.76 bits per heavy atom. The largest absolute Gasteiger partial charge is 0.287 e. The summed E-state index contributed by atoms with van der Waals surface area (Å²) < 4.78 is 1.91. The van der Waals surface area contributed by atoms with E-state index in [2.05, 4.69) is 10.3 Å². The normalized spacial score (nSPS) is 10.9.